The molecule has 0 saturated carbocycles. The molecule has 0 atom stereocenters. The summed E-state index contributed by atoms with van der Waals surface area (Å²) in [4.78, 5) is 9.77. The Balaban J connectivity index is 0. The molecular formula is C4H10O7S. The van der Waals surface area contributed by atoms with Crippen molar-refractivity contribution in [3.8, 4) is 0 Å². The molecule has 0 amide bonds. The van der Waals surface area contributed by atoms with Crippen LogP contribution in [0.3, 0.4) is 0 Å². The minimum absolute atomic E-state index is 1.20. The summed E-state index contributed by atoms with van der Waals surface area (Å²) < 4.78 is 31.6. The maximum Gasteiger partial charge on any atom is 0.394 e. The van der Waals surface area contributed by atoms with Crippen molar-refractivity contribution in [3.05, 3.63) is 0 Å². The van der Waals surface area contributed by atoms with E-state index in [4.69, 9.17) is 27.7 Å². The predicted molar refractivity (Wildman–Crippen MR) is 38.1 cm³/mol. The number of carboxylic acids is 1. The third-order valence-electron chi connectivity index (χ3n) is 0.523. The zero-order valence-electron chi connectivity index (χ0n) is 6.42. The summed E-state index contributed by atoms with van der Waals surface area (Å²) in [6.07, 6.45) is 0. The highest BCUT2D eigenvalue weighted by molar-refractivity contribution is 7.79. The van der Waals surface area contributed by atoms with Crippen molar-refractivity contribution < 1.29 is 32.5 Å². The standard InChI is InChI=1S/C4H8O3.H2O4S/c1-4(2,7)3(5)6;1-5(2,3)4/h7H,1-2H3,(H,5,6);(H2,1,2,3,4). The summed E-state index contributed by atoms with van der Waals surface area (Å²) in [7, 11) is -4.67. The Labute approximate surface area is 69.2 Å². The van der Waals surface area contributed by atoms with Crippen LogP contribution in [0, 0.1) is 0 Å². The van der Waals surface area contributed by atoms with Crippen LogP contribution >= 0.6 is 0 Å². The zero-order valence-corrected chi connectivity index (χ0v) is 7.24. The van der Waals surface area contributed by atoms with Crippen molar-refractivity contribution in [3.63, 3.8) is 0 Å². The lowest BCUT2D eigenvalue weighted by molar-refractivity contribution is -0.154. The fourth-order valence-corrected chi connectivity index (χ4v) is 0. The van der Waals surface area contributed by atoms with Gasteiger partial charge >= 0.3 is 16.4 Å². The van der Waals surface area contributed by atoms with Crippen molar-refractivity contribution in [2.24, 2.45) is 0 Å². The second-order valence-electron chi connectivity index (χ2n) is 2.31. The van der Waals surface area contributed by atoms with Gasteiger partial charge in [0.2, 0.25) is 0 Å². The van der Waals surface area contributed by atoms with Crippen molar-refractivity contribution in [2.75, 3.05) is 0 Å². The molecule has 12 heavy (non-hydrogen) atoms. The van der Waals surface area contributed by atoms with E-state index in [-0.39, 0.29) is 0 Å². The topological polar surface area (TPSA) is 132 Å². The molecule has 0 aliphatic heterocycles. The summed E-state index contributed by atoms with van der Waals surface area (Å²) in [5.41, 5.74) is -1.58. The lowest BCUT2D eigenvalue weighted by Gasteiger charge is -2.07. The largest absolute Gasteiger partial charge is 0.479 e. The third kappa shape index (κ3) is 22.8. The smallest absolute Gasteiger partial charge is 0.394 e. The molecule has 0 spiro atoms. The average molecular weight is 202 g/mol. The second-order valence-corrected chi connectivity index (χ2v) is 3.21. The highest BCUT2D eigenvalue weighted by Crippen LogP contribution is 1.97. The molecule has 8 heteroatoms. The van der Waals surface area contributed by atoms with Crippen molar-refractivity contribution in [2.45, 2.75) is 19.4 Å². The van der Waals surface area contributed by atoms with E-state index in [0.717, 1.165) is 0 Å². The fourth-order valence-electron chi connectivity index (χ4n) is 0. The van der Waals surface area contributed by atoms with Gasteiger partial charge in [-0.05, 0) is 13.8 Å². The Kier molecular flexibility index (Phi) is 5.03. The van der Waals surface area contributed by atoms with E-state index in [1.54, 1.807) is 0 Å². The monoisotopic (exact) mass is 202 g/mol. The van der Waals surface area contributed by atoms with Gasteiger partial charge in [-0.25, -0.2) is 4.79 Å². The summed E-state index contributed by atoms with van der Waals surface area (Å²) in [6, 6.07) is 0. The van der Waals surface area contributed by atoms with Gasteiger partial charge in [-0.1, -0.05) is 0 Å². The SMILES string of the molecule is CC(C)(O)C(=O)O.O=S(=O)(O)O. The number of carbonyl (C=O) groups is 1. The minimum atomic E-state index is -4.67. The molecule has 0 radical (unpaired) electrons. The molecule has 74 valence electrons. The van der Waals surface area contributed by atoms with Crippen LogP contribution in [0.1, 0.15) is 13.8 Å². The van der Waals surface area contributed by atoms with Gasteiger partial charge in [0.05, 0.1) is 0 Å². The number of hydrogen-bond donors (Lipinski definition) is 4. The quantitative estimate of drug-likeness (QED) is 0.408. The van der Waals surface area contributed by atoms with E-state index in [0.29, 0.717) is 0 Å². The Bertz CT molecular complexity index is 225. The summed E-state index contributed by atoms with van der Waals surface area (Å²) in [5, 5.41) is 16.5. The number of carboxylic acid groups (broad SMARTS) is 1. The first-order chi connectivity index (χ1) is 4.94. The van der Waals surface area contributed by atoms with E-state index < -0.39 is 22.0 Å². The molecule has 0 fully saturated rings. The van der Waals surface area contributed by atoms with Gasteiger partial charge in [0.15, 0.2) is 5.60 Å². The Morgan fingerprint density at radius 2 is 1.33 bits per heavy atom. The van der Waals surface area contributed by atoms with Gasteiger partial charge < -0.3 is 10.2 Å². The molecule has 7 nitrogen and oxygen atoms in total. The Morgan fingerprint density at radius 1 is 1.25 bits per heavy atom. The number of aliphatic carboxylic acids is 1. The van der Waals surface area contributed by atoms with Crippen LogP contribution < -0.4 is 0 Å². The lowest BCUT2D eigenvalue weighted by Crippen LogP contribution is -2.30. The summed E-state index contributed by atoms with van der Waals surface area (Å²) in [6.45, 7) is 2.44. The van der Waals surface area contributed by atoms with E-state index >= 15 is 0 Å². The molecule has 0 saturated heterocycles. The Hall–Kier alpha value is -0.700. The predicted octanol–water partition coefficient (Wildman–Crippen LogP) is -0.811. The first-order valence-corrected chi connectivity index (χ1v) is 4.00. The van der Waals surface area contributed by atoms with Crippen LogP contribution in [0.15, 0.2) is 0 Å². The third-order valence-corrected chi connectivity index (χ3v) is 0.523. The van der Waals surface area contributed by atoms with Crippen LogP contribution in [0.4, 0.5) is 0 Å². The molecule has 0 rings (SSSR count). The fraction of sp³-hybridized carbons (Fsp3) is 0.750. The van der Waals surface area contributed by atoms with Crippen molar-refractivity contribution in [1.29, 1.82) is 0 Å². The van der Waals surface area contributed by atoms with Crippen molar-refractivity contribution >= 4 is 16.4 Å². The second kappa shape index (κ2) is 4.36. The van der Waals surface area contributed by atoms with E-state index in [1.807, 2.05) is 0 Å². The van der Waals surface area contributed by atoms with Crippen LogP contribution in [0.2, 0.25) is 0 Å². The molecule has 0 heterocycles. The van der Waals surface area contributed by atoms with Gasteiger partial charge in [-0.3, -0.25) is 9.11 Å². The average Bonchev–Trinajstić information content (AvgIpc) is 1.55. The molecule has 0 aliphatic carbocycles. The van der Waals surface area contributed by atoms with Gasteiger partial charge in [0.1, 0.15) is 0 Å². The highest BCUT2D eigenvalue weighted by atomic mass is 32.3. The maximum atomic E-state index is 9.77. The maximum absolute atomic E-state index is 9.77. The minimum Gasteiger partial charge on any atom is -0.479 e. The molecule has 0 aromatic heterocycles. The summed E-state index contributed by atoms with van der Waals surface area (Å²) >= 11 is 0. The number of aliphatic hydroxyl groups is 1. The van der Waals surface area contributed by atoms with Crippen molar-refractivity contribution in [1.82, 2.24) is 0 Å². The van der Waals surface area contributed by atoms with Crippen LogP contribution in [0.25, 0.3) is 0 Å². The van der Waals surface area contributed by atoms with Gasteiger partial charge in [-0.2, -0.15) is 8.42 Å². The molecule has 4 N–H and O–H groups in total. The van der Waals surface area contributed by atoms with Crippen LogP contribution in [-0.4, -0.2) is 39.3 Å². The van der Waals surface area contributed by atoms with Crippen LogP contribution in [0.5, 0.6) is 0 Å². The molecular weight excluding hydrogens is 192 g/mol. The first-order valence-electron chi connectivity index (χ1n) is 2.60. The van der Waals surface area contributed by atoms with Gasteiger partial charge in [0.25, 0.3) is 0 Å². The normalized spacial score (nSPS) is 11.4. The lowest BCUT2D eigenvalue weighted by atomic mass is 10.1. The summed E-state index contributed by atoms with van der Waals surface area (Å²) in [5.74, 6) is -1.20. The van der Waals surface area contributed by atoms with E-state index in [2.05, 4.69) is 0 Å². The molecule has 0 aromatic carbocycles. The number of rotatable bonds is 1. The van der Waals surface area contributed by atoms with E-state index in [1.165, 1.54) is 13.8 Å². The molecule has 0 aromatic rings. The molecule has 0 aliphatic rings. The zero-order chi connectivity index (χ0) is 10.6. The number of hydrogen-bond acceptors (Lipinski definition) is 4. The van der Waals surface area contributed by atoms with Crippen LogP contribution in [-0.2, 0) is 15.2 Å². The first kappa shape index (κ1) is 13.9. The van der Waals surface area contributed by atoms with Gasteiger partial charge in [0, 0.05) is 0 Å². The Morgan fingerprint density at radius 3 is 1.33 bits per heavy atom. The van der Waals surface area contributed by atoms with E-state index in [9.17, 15) is 4.79 Å². The van der Waals surface area contributed by atoms with Gasteiger partial charge in [-0.15, -0.1) is 0 Å². The molecule has 0 bridgehead atoms. The molecule has 0 unspecified atom stereocenters. The highest BCUT2D eigenvalue weighted by Gasteiger charge is 2.21.